The second-order valence-corrected chi connectivity index (χ2v) is 4.63. The van der Waals surface area contributed by atoms with Crippen molar-refractivity contribution in [1.29, 1.82) is 0 Å². The van der Waals surface area contributed by atoms with Crippen LogP contribution < -0.4 is 5.32 Å². The van der Waals surface area contributed by atoms with Gasteiger partial charge in [0.1, 0.15) is 11.5 Å². The van der Waals surface area contributed by atoms with Crippen molar-refractivity contribution in [1.82, 2.24) is 15.0 Å². The lowest BCUT2D eigenvalue weighted by atomic mass is 10.3. The molecule has 0 fully saturated rings. The van der Waals surface area contributed by atoms with Crippen LogP contribution in [-0.4, -0.2) is 29.1 Å². The summed E-state index contributed by atoms with van der Waals surface area (Å²) in [6.07, 6.45) is 1.73. The summed E-state index contributed by atoms with van der Waals surface area (Å²) in [6, 6.07) is 5.67. The summed E-state index contributed by atoms with van der Waals surface area (Å²) in [6.45, 7) is 0.454. The molecule has 2 aromatic rings. The molecule has 0 saturated carbocycles. The lowest BCUT2D eigenvalue weighted by Crippen LogP contribution is -2.06. The first kappa shape index (κ1) is 13.2. The van der Waals surface area contributed by atoms with Crippen molar-refractivity contribution >= 4 is 28.4 Å². The van der Waals surface area contributed by atoms with E-state index in [1.807, 2.05) is 25.2 Å². The average molecular weight is 356 g/mol. The third kappa shape index (κ3) is 2.75. The van der Waals surface area contributed by atoms with E-state index in [1.54, 1.807) is 13.3 Å². The molecule has 0 aliphatic heterocycles. The van der Waals surface area contributed by atoms with Crippen LogP contribution in [0.15, 0.2) is 24.4 Å². The quantitative estimate of drug-likeness (QED) is 0.853. The van der Waals surface area contributed by atoms with Gasteiger partial charge in [0.15, 0.2) is 5.82 Å². The number of hydrogen-bond acceptors (Lipinski definition) is 5. The lowest BCUT2D eigenvalue weighted by Gasteiger charge is -2.10. The topological polar surface area (TPSA) is 59.9 Å². The Morgan fingerprint density at radius 2 is 2.17 bits per heavy atom. The normalized spacial score (nSPS) is 10.4. The van der Waals surface area contributed by atoms with Gasteiger partial charge >= 0.3 is 0 Å². The molecular weight excluding hydrogens is 343 g/mol. The van der Waals surface area contributed by atoms with Crippen molar-refractivity contribution in [3.63, 3.8) is 0 Å². The molecule has 0 spiro atoms. The Bertz CT molecular complexity index is 533. The summed E-state index contributed by atoms with van der Waals surface area (Å²) in [4.78, 5) is 13.2. The van der Waals surface area contributed by atoms with Gasteiger partial charge in [-0.05, 0) is 34.7 Å². The van der Waals surface area contributed by atoms with E-state index in [2.05, 4.69) is 42.9 Å². The maximum atomic E-state index is 5.16. The van der Waals surface area contributed by atoms with Crippen LogP contribution >= 0.6 is 22.6 Å². The highest BCUT2D eigenvalue weighted by Gasteiger charge is 2.12. The van der Waals surface area contributed by atoms with E-state index >= 15 is 0 Å². The monoisotopic (exact) mass is 356 g/mol. The van der Waals surface area contributed by atoms with E-state index in [0.717, 1.165) is 20.8 Å². The van der Waals surface area contributed by atoms with Gasteiger partial charge in [-0.3, -0.25) is 4.98 Å². The van der Waals surface area contributed by atoms with Crippen LogP contribution in [-0.2, 0) is 11.3 Å². The van der Waals surface area contributed by atoms with Crippen LogP contribution in [0.1, 0.15) is 5.69 Å². The third-order valence-electron chi connectivity index (χ3n) is 2.33. The number of nitrogens with zero attached hydrogens (tertiary/aromatic N) is 3. The molecule has 0 amide bonds. The number of ether oxygens (including phenoxy) is 1. The number of methoxy groups -OCH3 is 1. The van der Waals surface area contributed by atoms with Crippen LogP contribution in [0.4, 0.5) is 5.82 Å². The Morgan fingerprint density at radius 1 is 1.33 bits per heavy atom. The molecule has 0 saturated heterocycles. The molecule has 1 N–H and O–H groups in total. The number of hydrogen-bond donors (Lipinski definition) is 1. The fourth-order valence-electron chi connectivity index (χ4n) is 1.50. The number of pyridine rings is 1. The lowest BCUT2D eigenvalue weighted by molar-refractivity contribution is 0.181. The fourth-order valence-corrected chi connectivity index (χ4v) is 2.17. The molecule has 18 heavy (non-hydrogen) atoms. The Kier molecular flexibility index (Phi) is 4.43. The fraction of sp³-hybridized carbons (Fsp3) is 0.250. The van der Waals surface area contributed by atoms with E-state index in [1.165, 1.54) is 0 Å². The minimum atomic E-state index is 0.454. The molecule has 0 aliphatic rings. The predicted molar refractivity (Wildman–Crippen MR) is 78.2 cm³/mol. The second kappa shape index (κ2) is 6.05. The van der Waals surface area contributed by atoms with E-state index in [9.17, 15) is 0 Å². The number of halogens is 1. The van der Waals surface area contributed by atoms with Gasteiger partial charge in [-0.25, -0.2) is 9.97 Å². The first-order valence-electron chi connectivity index (χ1n) is 5.40. The summed E-state index contributed by atoms with van der Waals surface area (Å²) < 4.78 is 6.12. The minimum absolute atomic E-state index is 0.454. The molecule has 0 bridgehead atoms. The highest BCUT2D eigenvalue weighted by molar-refractivity contribution is 14.1. The highest BCUT2D eigenvalue weighted by atomic mass is 127. The SMILES string of the molecule is CNc1nc(-c2ccccn2)nc(COC)c1I. The van der Waals surface area contributed by atoms with Crippen molar-refractivity contribution in [3.05, 3.63) is 33.7 Å². The molecule has 0 atom stereocenters. The van der Waals surface area contributed by atoms with E-state index in [4.69, 9.17) is 4.74 Å². The standard InChI is InChI=1S/C12H13IN4O/c1-14-12-10(13)9(7-18-2)16-11(17-12)8-5-3-4-6-15-8/h3-6H,7H2,1-2H3,(H,14,16,17). The smallest absolute Gasteiger partial charge is 0.180 e. The highest BCUT2D eigenvalue weighted by Crippen LogP contribution is 2.23. The van der Waals surface area contributed by atoms with E-state index < -0.39 is 0 Å². The first-order valence-corrected chi connectivity index (χ1v) is 6.48. The van der Waals surface area contributed by atoms with Crippen molar-refractivity contribution in [2.75, 3.05) is 19.5 Å². The van der Waals surface area contributed by atoms with Gasteiger partial charge in [-0.2, -0.15) is 0 Å². The van der Waals surface area contributed by atoms with Crippen LogP contribution in [0, 0.1) is 3.57 Å². The summed E-state index contributed by atoms with van der Waals surface area (Å²) in [5.74, 6) is 1.39. The zero-order valence-corrected chi connectivity index (χ0v) is 12.3. The molecule has 94 valence electrons. The molecule has 0 aromatic carbocycles. The first-order chi connectivity index (χ1) is 8.76. The summed E-state index contributed by atoms with van der Waals surface area (Å²) in [5.41, 5.74) is 1.61. The van der Waals surface area contributed by atoms with Crippen LogP contribution in [0.3, 0.4) is 0 Å². The number of nitrogens with one attached hydrogen (secondary N) is 1. The number of rotatable bonds is 4. The van der Waals surface area contributed by atoms with Gasteiger partial charge in [-0.15, -0.1) is 0 Å². The van der Waals surface area contributed by atoms with Crippen molar-refractivity contribution in [3.8, 4) is 11.5 Å². The van der Waals surface area contributed by atoms with Gasteiger partial charge in [0.2, 0.25) is 0 Å². The third-order valence-corrected chi connectivity index (χ3v) is 3.47. The number of anilines is 1. The Morgan fingerprint density at radius 3 is 2.78 bits per heavy atom. The minimum Gasteiger partial charge on any atom is -0.378 e. The molecule has 2 heterocycles. The Labute approximate surface area is 119 Å². The maximum absolute atomic E-state index is 5.16. The molecule has 2 aromatic heterocycles. The van der Waals surface area contributed by atoms with Crippen LogP contribution in [0.25, 0.3) is 11.5 Å². The molecule has 5 nitrogen and oxygen atoms in total. The predicted octanol–water partition coefficient (Wildman–Crippen LogP) is 2.33. The summed E-state index contributed by atoms with van der Waals surface area (Å²) in [7, 11) is 3.49. The van der Waals surface area contributed by atoms with Gasteiger partial charge in [-0.1, -0.05) is 6.07 Å². The zero-order valence-electron chi connectivity index (χ0n) is 10.1. The largest absolute Gasteiger partial charge is 0.378 e. The van der Waals surface area contributed by atoms with Crippen molar-refractivity contribution in [2.24, 2.45) is 0 Å². The number of aromatic nitrogens is 3. The Balaban J connectivity index is 2.52. The molecule has 0 radical (unpaired) electrons. The molecule has 0 unspecified atom stereocenters. The van der Waals surface area contributed by atoms with Gasteiger partial charge in [0.25, 0.3) is 0 Å². The van der Waals surface area contributed by atoms with E-state index in [0.29, 0.717) is 12.4 Å². The van der Waals surface area contributed by atoms with Crippen molar-refractivity contribution < 1.29 is 4.74 Å². The van der Waals surface area contributed by atoms with Crippen molar-refractivity contribution in [2.45, 2.75) is 6.61 Å². The summed E-state index contributed by atoms with van der Waals surface area (Å²) in [5, 5.41) is 3.06. The molecular formula is C12H13IN4O. The van der Waals surface area contributed by atoms with Gasteiger partial charge in [0, 0.05) is 20.4 Å². The van der Waals surface area contributed by atoms with Gasteiger partial charge in [0.05, 0.1) is 15.9 Å². The zero-order chi connectivity index (χ0) is 13.0. The second-order valence-electron chi connectivity index (χ2n) is 3.55. The van der Waals surface area contributed by atoms with Crippen LogP contribution in [0.5, 0.6) is 0 Å². The molecule has 0 aliphatic carbocycles. The van der Waals surface area contributed by atoms with Gasteiger partial charge < -0.3 is 10.1 Å². The summed E-state index contributed by atoms with van der Waals surface area (Å²) >= 11 is 2.21. The Hall–Kier alpha value is -1.28. The van der Waals surface area contributed by atoms with Crippen LogP contribution in [0.2, 0.25) is 0 Å². The van der Waals surface area contributed by atoms with E-state index in [-0.39, 0.29) is 0 Å². The molecule has 2 rings (SSSR count). The maximum Gasteiger partial charge on any atom is 0.180 e. The average Bonchev–Trinajstić information content (AvgIpc) is 2.42. The molecule has 6 heteroatoms.